The summed E-state index contributed by atoms with van der Waals surface area (Å²) in [4.78, 5) is 3.50. The van der Waals surface area contributed by atoms with E-state index in [1.54, 1.807) is 11.3 Å². The molecular formula is C11H15BrN2S. The number of rotatable bonds is 4. The standard InChI is InChI=1S/C11H15BrN2S/c1-11(2,7-13)8-14(3)5-10-4-9(12)6-15-10/h4,6H,5,8H2,1-3H3. The van der Waals surface area contributed by atoms with Crippen LogP contribution < -0.4 is 0 Å². The van der Waals surface area contributed by atoms with Crippen LogP contribution in [-0.4, -0.2) is 18.5 Å². The molecule has 0 bridgehead atoms. The minimum atomic E-state index is -0.275. The summed E-state index contributed by atoms with van der Waals surface area (Å²) in [5, 5.41) is 11.0. The number of thiophene rings is 1. The van der Waals surface area contributed by atoms with Crippen LogP contribution >= 0.6 is 27.3 Å². The van der Waals surface area contributed by atoms with Gasteiger partial charge in [0.1, 0.15) is 0 Å². The Morgan fingerprint density at radius 3 is 2.73 bits per heavy atom. The van der Waals surface area contributed by atoms with Crippen molar-refractivity contribution in [3.63, 3.8) is 0 Å². The summed E-state index contributed by atoms with van der Waals surface area (Å²) >= 11 is 5.18. The third-order valence-electron chi connectivity index (χ3n) is 2.02. The lowest BCUT2D eigenvalue weighted by atomic mass is 9.95. The van der Waals surface area contributed by atoms with E-state index in [1.807, 2.05) is 20.9 Å². The first kappa shape index (κ1) is 12.7. The second-order valence-electron chi connectivity index (χ2n) is 4.40. The van der Waals surface area contributed by atoms with Crippen molar-refractivity contribution in [2.75, 3.05) is 13.6 Å². The Bertz CT molecular complexity index is 365. The molecule has 0 atom stereocenters. The van der Waals surface area contributed by atoms with Crippen LogP contribution in [0, 0.1) is 16.7 Å². The Morgan fingerprint density at radius 2 is 2.27 bits per heavy atom. The normalized spacial score (nSPS) is 11.7. The molecule has 0 aromatic carbocycles. The first-order valence-electron chi connectivity index (χ1n) is 4.76. The Morgan fingerprint density at radius 1 is 1.60 bits per heavy atom. The van der Waals surface area contributed by atoms with Crippen LogP contribution in [-0.2, 0) is 6.54 Å². The van der Waals surface area contributed by atoms with Crippen LogP contribution in [0.4, 0.5) is 0 Å². The molecule has 0 N–H and O–H groups in total. The molecular weight excluding hydrogens is 272 g/mol. The molecule has 0 fully saturated rings. The van der Waals surface area contributed by atoms with Gasteiger partial charge in [-0.3, -0.25) is 4.90 Å². The fourth-order valence-corrected chi connectivity index (χ4v) is 3.00. The summed E-state index contributed by atoms with van der Waals surface area (Å²) in [6, 6.07) is 4.44. The molecule has 0 unspecified atom stereocenters. The Kier molecular flexibility index (Phi) is 4.32. The highest BCUT2D eigenvalue weighted by Crippen LogP contribution is 2.22. The Balaban J connectivity index is 2.50. The van der Waals surface area contributed by atoms with Crippen LogP contribution in [0.3, 0.4) is 0 Å². The summed E-state index contributed by atoms with van der Waals surface area (Å²) in [6.45, 7) is 5.63. The molecule has 0 aliphatic carbocycles. The van der Waals surface area contributed by atoms with Gasteiger partial charge in [-0.25, -0.2) is 0 Å². The van der Waals surface area contributed by atoms with Crippen molar-refractivity contribution in [1.29, 1.82) is 5.26 Å². The van der Waals surface area contributed by atoms with Crippen molar-refractivity contribution >= 4 is 27.3 Å². The summed E-state index contributed by atoms with van der Waals surface area (Å²) in [5.74, 6) is 0. The molecule has 0 radical (unpaired) electrons. The fourth-order valence-electron chi connectivity index (χ4n) is 1.47. The molecule has 1 aromatic rings. The minimum Gasteiger partial charge on any atom is -0.300 e. The van der Waals surface area contributed by atoms with Gasteiger partial charge in [-0.2, -0.15) is 5.26 Å². The zero-order valence-electron chi connectivity index (χ0n) is 9.25. The van der Waals surface area contributed by atoms with E-state index in [9.17, 15) is 0 Å². The molecule has 2 nitrogen and oxygen atoms in total. The van der Waals surface area contributed by atoms with Gasteiger partial charge in [0.15, 0.2) is 0 Å². The van der Waals surface area contributed by atoms with Crippen LogP contribution in [0.15, 0.2) is 15.9 Å². The van der Waals surface area contributed by atoms with Crippen LogP contribution in [0.5, 0.6) is 0 Å². The van der Waals surface area contributed by atoms with E-state index < -0.39 is 0 Å². The smallest absolute Gasteiger partial charge is 0.0697 e. The summed E-state index contributed by atoms with van der Waals surface area (Å²) in [6.07, 6.45) is 0. The van der Waals surface area contributed by atoms with Gasteiger partial charge in [0, 0.05) is 27.8 Å². The average molecular weight is 287 g/mol. The Labute approximate surface area is 104 Å². The van der Waals surface area contributed by atoms with E-state index >= 15 is 0 Å². The van der Waals surface area contributed by atoms with Gasteiger partial charge < -0.3 is 0 Å². The van der Waals surface area contributed by atoms with Gasteiger partial charge in [-0.15, -0.1) is 11.3 Å². The number of hydrogen-bond acceptors (Lipinski definition) is 3. The maximum atomic E-state index is 8.93. The predicted molar refractivity (Wildman–Crippen MR) is 67.7 cm³/mol. The van der Waals surface area contributed by atoms with Crippen molar-refractivity contribution in [2.45, 2.75) is 20.4 Å². The zero-order chi connectivity index (χ0) is 11.5. The van der Waals surface area contributed by atoms with Gasteiger partial charge in [0.25, 0.3) is 0 Å². The minimum absolute atomic E-state index is 0.275. The highest BCUT2D eigenvalue weighted by atomic mass is 79.9. The van der Waals surface area contributed by atoms with E-state index in [0.29, 0.717) is 0 Å². The Hall–Kier alpha value is -0.370. The highest BCUT2D eigenvalue weighted by molar-refractivity contribution is 9.10. The molecule has 0 aliphatic rings. The fraction of sp³-hybridized carbons (Fsp3) is 0.545. The van der Waals surface area contributed by atoms with Crippen LogP contribution in [0.2, 0.25) is 0 Å². The van der Waals surface area contributed by atoms with Crippen LogP contribution in [0.1, 0.15) is 18.7 Å². The van der Waals surface area contributed by atoms with E-state index in [2.05, 4.69) is 38.3 Å². The van der Waals surface area contributed by atoms with Crippen molar-refractivity contribution in [3.05, 3.63) is 20.8 Å². The van der Waals surface area contributed by atoms with Gasteiger partial charge in [-0.1, -0.05) is 0 Å². The molecule has 1 heterocycles. The lowest BCUT2D eigenvalue weighted by Crippen LogP contribution is -2.29. The number of halogens is 1. The number of nitriles is 1. The highest BCUT2D eigenvalue weighted by Gasteiger charge is 2.19. The maximum Gasteiger partial charge on any atom is 0.0697 e. The molecule has 1 rings (SSSR count). The lowest BCUT2D eigenvalue weighted by Gasteiger charge is -2.23. The average Bonchev–Trinajstić information content (AvgIpc) is 2.50. The van der Waals surface area contributed by atoms with Crippen molar-refractivity contribution in [1.82, 2.24) is 4.90 Å². The first-order chi connectivity index (χ1) is 6.93. The molecule has 0 amide bonds. The third-order valence-corrected chi connectivity index (χ3v) is 3.70. The molecule has 0 saturated carbocycles. The molecule has 0 aliphatic heterocycles. The zero-order valence-corrected chi connectivity index (χ0v) is 11.7. The quantitative estimate of drug-likeness (QED) is 0.847. The van der Waals surface area contributed by atoms with Crippen molar-refractivity contribution < 1.29 is 0 Å². The first-order valence-corrected chi connectivity index (χ1v) is 6.43. The molecule has 0 spiro atoms. The van der Waals surface area contributed by atoms with E-state index in [4.69, 9.17) is 5.26 Å². The van der Waals surface area contributed by atoms with E-state index in [1.165, 1.54) is 4.88 Å². The van der Waals surface area contributed by atoms with Gasteiger partial charge >= 0.3 is 0 Å². The summed E-state index contributed by atoms with van der Waals surface area (Å²) < 4.78 is 1.13. The van der Waals surface area contributed by atoms with Gasteiger partial charge in [0.05, 0.1) is 11.5 Å². The second-order valence-corrected chi connectivity index (χ2v) is 6.31. The third kappa shape index (κ3) is 4.33. The predicted octanol–water partition coefficient (Wildman–Crippen LogP) is 3.49. The molecule has 15 heavy (non-hydrogen) atoms. The SMILES string of the molecule is CN(Cc1cc(Br)cs1)CC(C)(C)C#N. The van der Waals surface area contributed by atoms with Crippen molar-refractivity contribution in [2.24, 2.45) is 5.41 Å². The lowest BCUT2D eigenvalue weighted by molar-refractivity contribution is 0.250. The van der Waals surface area contributed by atoms with E-state index in [-0.39, 0.29) is 5.41 Å². The number of hydrogen-bond donors (Lipinski definition) is 0. The summed E-state index contributed by atoms with van der Waals surface area (Å²) in [7, 11) is 2.05. The van der Waals surface area contributed by atoms with Gasteiger partial charge in [0.2, 0.25) is 0 Å². The molecule has 4 heteroatoms. The molecule has 1 aromatic heterocycles. The van der Waals surface area contributed by atoms with Crippen molar-refractivity contribution in [3.8, 4) is 6.07 Å². The maximum absolute atomic E-state index is 8.93. The van der Waals surface area contributed by atoms with Crippen LogP contribution in [0.25, 0.3) is 0 Å². The second kappa shape index (κ2) is 5.11. The van der Waals surface area contributed by atoms with E-state index in [0.717, 1.165) is 17.6 Å². The molecule has 0 saturated heterocycles. The molecule has 82 valence electrons. The number of nitrogens with zero attached hydrogens (tertiary/aromatic N) is 2. The monoisotopic (exact) mass is 286 g/mol. The topological polar surface area (TPSA) is 27.0 Å². The largest absolute Gasteiger partial charge is 0.300 e. The van der Waals surface area contributed by atoms with Gasteiger partial charge in [-0.05, 0) is 42.9 Å². The summed E-state index contributed by atoms with van der Waals surface area (Å²) in [5.41, 5.74) is -0.275.